The average Bonchev–Trinajstić information content (AvgIpc) is 2.15. The Kier molecular flexibility index (Phi) is 2.44. The first kappa shape index (κ1) is 10.1. The maximum atomic E-state index is 11.1. The molecule has 15 heavy (non-hydrogen) atoms. The molecule has 1 aromatic heterocycles. The molecular weight excluding hydrogens is 210 g/mol. The van der Waals surface area contributed by atoms with Gasteiger partial charge in [0.15, 0.2) is 9.84 Å². The molecule has 2 aromatic rings. The van der Waals surface area contributed by atoms with E-state index >= 15 is 0 Å². The van der Waals surface area contributed by atoms with Crippen LogP contribution in [0.5, 0.6) is 0 Å². The second-order valence-electron chi connectivity index (χ2n) is 3.59. The number of rotatable bonds is 2. The van der Waals surface area contributed by atoms with Gasteiger partial charge in [-0.2, -0.15) is 0 Å². The molecule has 0 aliphatic heterocycles. The molecule has 3 nitrogen and oxygen atoms in total. The first-order valence-electron chi connectivity index (χ1n) is 4.56. The summed E-state index contributed by atoms with van der Waals surface area (Å²) in [5.74, 6) is -0.00215. The van der Waals surface area contributed by atoms with Crippen molar-refractivity contribution in [1.82, 2.24) is 4.98 Å². The zero-order valence-corrected chi connectivity index (χ0v) is 9.16. The molecule has 0 aliphatic carbocycles. The van der Waals surface area contributed by atoms with Gasteiger partial charge in [0.05, 0.1) is 11.4 Å². The Balaban J connectivity index is 2.48. The Morgan fingerprint density at radius 2 is 1.87 bits per heavy atom. The SMILES string of the molecule is CS(=O)(=O)Cc1cc2ccccc2cn1. The van der Waals surface area contributed by atoms with Gasteiger partial charge in [-0.25, -0.2) is 8.42 Å². The fourth-order valence-electron chi connectivity index (χ4n) is 1.48. The van der Waals surface area contributed by atoms with E-state index in [1.165, 1.54) is 6.26 Å². The minimum atomic E-state index is -3.01. The van der Waals surface area contributed by atoms with Crippen molar-refractivity contribution in [2.45, 2.75) is 5.75 Å². The molecule has 0 aliphatic rings. The van der Waals surface area contributed by atoms with Crippen molar-refractivity contribution in [3.63, 3.8) is 0 Å². The molecule has 0 amide bonds. The van der Waals surface area contributed by atoms with Crippen LogP contribution in [0.15, 0.2) is 36.5 Å². The smallest absolute Gasteiger partial charge is 0.153 e. The summed E-state index contributed by atoms with van der Waals surface area (Å²) in [6.07, 6.45) is 2.92. The summed E-state index contributed by atoms with van der Waals surface area (Å²) in [5, 5.41) is 2.04. The molecule has 4 heteroatoms. The molecule has 0 bridgehead atoms. The summed E-state index contributed by atoms with van der Waals surface area (Å²) in [7, 11) is -3.01. The van der Waals surface area contributed by atoms with Gasteiger partial charge in [-0.1, -0.05) is 24.3 Å². The summed E-state index contributed by atoms with van der Waals surface area (Å²) in [4.78, 5) is 4.11. The molecule has 1 aromatic carbocycles. The van der Waals surface area contributed by atoms with Gasteiger partial charge in [-0.3, -0.25) is 4.98 Å². The third-order valence-corrected chi connectivity index (χ3v) is 2.92. The van der Waals surface area contributed by atoms with Gasteiger partial charge in [0, 0.05) is 17.8 Å². The van der Waals surface area contributed by atoms with Crippen LogP contribution in [0.25, 0.3) is 10.8 Å². The largest absolute Gasteiger partial charge is 0.260 e. The molecule has 1 heterocycles. The lowest BCUT2D eigenvalue weighted by Crippen LogP contribution is -2.02. The highest BCUT2D eigenvalue weighted by atomic mass is 32.2. The Hall–Kier alpha value is -1.42. The molecule has 0 atom stereocenters. The van der Waals surface area contributed by atoms with E-state index in [-0.39, 0.29) is 5.75 Å². The maximum absolute atomic E-state index is 11.1. The topological polar surface area (TPSA) is 47.0 Å². The second-order valence-corrected chi connectivity index (χ2v) is 5.73. The summed E-state index contributed by atoms with van der Waals surface area (Å²) < 4.78 is 22.2. The van der Waals surface area contributed by atoms with Gasteiger partial charge in [0.2, 0.25) is 0 Å². The van der Waals surface area contributed by atoms with Crippen molar-refractivity contribution in [1.29, 1.82) is 0 Å². The van der Waals surface area contributed by atoms with E-state index in [4.69, 9.17) is 0 Å². The van der Waals surface area contributed by atoms with Crippen LogP contribution >= 0.6 is 0 Å². The van der Waals surface area contributed by atoms with Crippen molar-refractivity contribution in [2.75, 3.05) is 6.26 Å². The zero-order chi connectivity index (χ0) is 10.9. The first-order valence-corrected chi connectivity index (χ1v) is 6.62. The highest BCUT2D eigenvalue weighted by molar-refractivity contribution is 7.89. The molecule has 0 saturated heterocycles. The molecule has 0 unspecified atom stereocenters. The lowest BCUT2D eigenvalue weighted by atomic mass is 10.1. The van der Waals surface area contributed by atoms with E-state index in [1.54, 1.807) is 6.20 Å². The van der Waals surface area contributed by atoms with Crippen LogP contribution in [0.4, 0.5) is 0 Å². The number of benzene rings is 1. The lowest BCUT2D eigenvalue weighted by Gasteiger charge is -2.01. The maximum Gasteiger partial charge on any atom is 0.153 e. The quantitative estimate of drug-likeness (QED) is 0.776. The normalized spacial score (nSPS) is 11.8. The number of sulfone groups is 1. The third kappa shape index (κ3) is 2.53. The number of hydrogen-bond acceptors (Lipinski definition) is 3. The minimum Gasteiger partial charge on any atom is -0.260 e. The zero-order valence-electron chi connectivity index (χ0n) is 8.34. The van der Waals surface area contributed by atoms with Crippen LogP contribution in [0.1, 0.15) is 5.69 Å². The van der Waals surface area contributed by atoms with Crippen LogP contribution in [-0.2, 0) is 15.6 Å². The van der Waals surface area contributed by atoms with Crippen LogP contribution < -0.4 is 0 Å². The number of nitrogens with zero attached hydrogens (tertiary/aromatic N) is 1. The van der Waals surface area contributed by atoms with Crippen LogP contribution in [0.2, 0.25) is 0 Å². The first-order chi connectivity index (χ1) is 7.04. The Labute approximate surface area is 88.7 Å². The fraction of sp³-hybridized carbons (Fsp3) is 0.182. The van der Waals surface area contributed by atoms with Gasteiger partial charge in [-0.05, 0) is 11.5 Å². The van der Waals surface area contributed by atoms with Gasteiger partial charge >= 0.3 is 0 Å². The van der Waals surface area contributed by atoms with Crippen LogP contribution in [0, 0.1) is 0 Å². The molecule has 2 rings (SSSR count). The van der Waals surface area contributed by atoms with Gasteiger partial charge in [-0.15, -0.1) is 0 Å². The molecule has 0 spiro atoms. The third-order valence-electron chi connectivity index (χ3n) is 2.10. The van der Waals surface area contributed by atoms with Crippen molar-refractivity contribution in [2.24, 2.45) is 0 Å². The van der Waals surface area contributed by atoms with Gasteiger partial charge in [0.25, 0.3) is 0 Å². The predicted octanol–water partition coefficient (Wildman–Crippen LogP) is 1.78. The van der Waals surface area contributed by atoms with Gasteiger partial charge < -0.3 is 0 Å². The molecule has 0 radical (unpaired) electrons. The standard InChI is InChI=1S/C11H11NO2S/c1-15(13,14)8-11-6-9-4-2-3-5-10(9)7-12-11/h2-7H,8H2,1H3. The summed E-state index contributed by atoms with van der Waals surface area (Å²) in [6.45, 7) is 0. The van der Waals surface area contributed by atoms with Crippen LogP contribution in [0.3, 0.4) is 0 Å². The number of pyridine rings is 1. The highest BCUT2D eigenvalue weighted by Crippen LogP contribution is 2.14. The highest BCUT2D eigenvalue weighted by Gasteiger charge is 2.05. The lowest BCUT2D eigenvalue weighted by molar-refractivity contribution is 0.600. The average molecular weight is 221 g/mol. The van der Waals surface area contributed by atoms with E-state index in [2.05, 4.69) is 4.98 Å². The van der Waals surface area contributed by atoms with Crippen LogP contribution in [-0.4, -0.2) is 19.7 Å². The Morgan fingerprint density at radius 1 is 1.20 bits per heavy atom. The molecule has 78 valence electrons. The van der Waals surface area contributed by atoms with Gasteiger partial charge in [0.1, 0.15) is 0 Å². The van der Waals surface area contributed by atoms with E-state index < -0.39 is 9.84 Å². The molecular formula is C11H11NO2S. The summed E-state index contributed by atoms with van der Waals surface area (Å²) in [6, 6.07) is 9.57. The molecule has 0 fully saturated rings. The summed E-state index contributed by atoms with van der Waals surface area (Å²) >= 11 is 0. The summed E-state index contributed by atoms with van der Waals surface area (Å²) in [5.41, 5.74) is 0.594. The fourth-order valence-corrected chi connectivity index (χ4v) is 2.17. The predicted molar refractivity (Wildman–Crippen MR) is 60.3 cm³/mol. The number of fused-ring (bicyclic) bond motifs is 1. The van der Waals surface area contributed by atoms with E-state index in [0.717, 1.165) is 10.8 Å². The van der Waals surface area contributed by atoms with Crippen molar-refractivity contribution in [3.8, 4) is 0 Å². The Morgan fingerprint density at radius 3 is 2.53 bits per heavy atom. The molecule has 0 N–H and O–H groups in total. The minimum absolute atomic E-state index is 0.00215. The molecule has 0 saturated carbocycles. The van der Waals surface area contributed by atoms with Crippen molar-refractivity contribution >= 4 is 20.6 Å². The van der Waals surface area contributed by atoms with Crippen molar-refractivity contribution in [3.05, 3.63) is 42.2 Å². The Bertz CT molecular complexity index is 590. The monoisotopic (exact) mass is 221 g/mol. The number of aromatic nitrogens is 1. The second kappa shape index (κ2) is 3.62. The van der Waals surface area contributed by atoms with E-state index in [1.807, 2.05) is 30.3 Å². The van der Waals surface area contributed by atoms with E-state index in [9.17, 15) is 8.42 Å². The van der Waals surface area contributed by atoms with E-state index in [0.29, 0.717) is 5.69 Å². The van der Waals surface area contributed by atoms with Crippen molar-refractivity contribution < 1.29 is 8.42 Å². The number of hydrogen-bond donors (Lipinski definition) is 0.